The van der Waals surface area contributed by atoms with Crippen LogP contribution in [-0.4, -0.2) is 5.78 Å². The van der Waals surface area contributed by atoms with Crippen molar-refractivity contribution in [1.29, 1.82) is 0 Å². The molecule has 0 unspecified atom stereocenters. The van der Waals surface area contributed by atoms with Crippen LogP contribution < -0.4 is 0 Å². The highest BCUT2D eigenvalue weighted by molar-refractivity contribution is 5.93. The lowest BCUT2D eigenvalue weighted by Crippen LogP contribution is -2.43. The Labute approximate surface area is 54.8 Å². The Morgan fingerprint density at radius 3 is 3.00 bits per heavy atom. The van der Waals surface area contributed by atoms with Gasteiger partial charge in [-0.05, 0) is 19.3 Å². The Morgan fingerprint density at radius 1 is 1.78 bits per heavy atom. The fraction of sp³-hybridized carbons (Fsp3) is 0.625. The summed E-state index contributed by atoms with van der Waals surface area (Å²) in [5, 5.41) is 0. The van der Waals surface area contributed by atoms with Gasteiger partial charge in [0.25, 0.3) is 0 Å². The Balaban J connectivity index is 2.34. The maximum Gasteiger partial charge on any atom is 0.143 e. The molecular weight excluding hydrogens is 112 g/mol. The van der Waals surface area contributed by atoms with E-state index in [1.807, 2.05) is 6.92 Å². The summed E-state index contributed by atoms with van der Waals surface area (Å²) in [6.45, 7) is 2.05. The summed E-state index contributed by atoms with van der Waals surface area (Å²) in [5.74, 6) is 1.09. The minimum atomic E-state index is -0.0278. The molecule has 0 aromatic carbocycles. The fourth-order valence-corrected chi connectivity index (χ4v) is 1.79. The SMILES string of the molecule is C[C@]12C=CC[C@H]1CC2=O. The number of rotatable bonds is 0. The Hall–Kier alpha value is -0.590. The van der Waals surface area contributed by atoms with Crippen molar-refractivity contribution in [1.82, 2.24) is 0 Å². The molecule has 0 bridgehead atoms. The van der Waals surface area contributed by atoms with Crippen molar-refractivity contribution in [2.24, 2.45) is 11.3 Å². The summed E-state index contributed by atoms with van der Waals surface area (Å²) in [4.78, 5) is 11.0. The summed E-state index contributed by atoms with van der Waals surface area (Å²) in [7, 11) is 0. The van der Waals surface area contributed by atoms with Crippen molar-refractivity contribution in [3.05, 3.63) is 12.2 Å². The molecule has 2 atom stereocenters. The normalized spacial score (nSPS) is 46.8. The number of carbonyl (C=O) groups excluding carboxylic acids is 1. The first kappa shape index (κ1) is 5.21. The van der Waals surface area contributed by atoms with Gasteiger partial charge in [0.1, 0.15) is 5.78 Å². The molecule has 2 aliphatic carbocycles. The Morgan fingerprint density at radius 2 is 2.56 bits per heavy atom. The number of carbonyl (C=O) groups is 1. The molecule has 0 heterocycles. The molecule has 0 N–H and O–H groups in total. The van der Waals surface area contributed by atoms with Gasteiger partial charge in [0.05, 0.1) is 0 Å². The summed E-state index contributed by atoms with van der Waals surface area (Å²) < 4.78 is 0. The van der Waals surface area contributed by atoms with E-state index in [1.165, 1.54) is 0 Å². The number of fused-ring (bicyclic) bond motifs is 1. The van der Waals surface area contributed by atoms with E-state index in [-0.39, 0.29) is 5.41 Å². The molecule has 2 rings (SSSR count). The topological polar surface area (TPSA) is 17.1 Å². The van der Waals surface area contributed by atoms with Crippen LogP contribution in [0.3, 0.4) is 0 Å². The number of hydrogen-bond acceptors (Lipinski definition) is 1. The summed E-state index contributed by atoms with van der Waals surface area (Å²) in [5.41, 5.74) is -0.0278. The van der Waals surface area contributed by atoms with Crippen LogP contribution in [0.25, 0.3) is 0 Å². The molecule has 0 aromatic rings. The van der Waals surface area contributed by atoms with E-state index in [9.17, 15) is 4.79 Å². The van der Waals surface area contributed by atoms with E-state index in [4.69, 9.17) is 0 Å². The highest BCUT2D eigenvalue weighted by Gasteiger charge is 2.50. The maximum atomic E-state index is 11.0. The molecule has 0 amide bonds. The van der Waals surface area contributed by atoms with Crippen molar-refractivity contribution in [3.63, 3.8) is 0 Å². The number of hydrogen-bond donors (Lipinski definition) is 0. The van der Waals surface area contributed by atoms with Crippen molar-refractivity contribution < 1.29 is 4.79 Å². The first-order chi connectivity index (χ1) is 4.23. The summed E-state index contributed by atoms with van der Waals surface area (Å²) in [6.07, 6.45) is 6.16. The number of allylic oxidation sites excluding steroid dienone is 2. The van der Waals surface area contributed by atoms with Crippen LogP contribution in [0.2, 0.25) is 0 Å². The van der Waals surface area contributed by atoms with Crippen molar-refractivity contribution >= 4 is 5.78 Å². The minimum absolute atomic E-state index is 0.0278. The summed E-state index contributed by atoms with van der Waals surface area (Å²) >= 11 is 0. The zero-order valence-corrected chi connectivity index (χ0v) is 5.55. The molecule has 0 spiro atoms. The molecule has 0 radical (unpaired) electrons. The highest BCUT2D eigenvalue weighted by atomic mass is 16.1. The molecule has 2 aliphatic rings. The first-order valence-corrected chi connectivity index (χ1v) is 3.44. The Kier molecular flexibility index (Phi) is 0.743. The van der Waals surface area contributed by atoms with Crippen LogP contribution in [0.15, 0.2) is 12.2 Å². The first-order valence-electron chi connectivity index (χ1n) is 3.44. The molecule has 1 fully saturated rings. The Bertz CT molecular complexity index is 193. The minimum Gasteiger partial charge on any atom is -0.299 e. The van der Waals surface area contributed by atoms with E-state index in [0.717, 1.165) is 12.8 Å². The predicted octanol–water partition coefficient (Wildman–Crippen LogP) is 1.54. The monoisotopic (exact) mass is 122 g/mol. The lowest BCUT2D eigenvalue weighted by atomic mass is 9.62. The standard InChI is InChI=1S/C8H10O/c1-8-4-2-3-6(8)5-7(8)9/h2,4,6H,3,5H2,1H3/t6-,8-/m0/s1. The zero-order valence-electron chi connectivity index (χ0n) is 5.55. The third kappa shape index (κ3) is 0.432. The molecule has 48 valence electrons. The third-order valence-corrected chi connectivity index (χ3v) is 2.77. The van der Waals surface area contributed by atoms with E-state index < -0.39 is 0 Å². The van der Waals surface area contributed by atoms with E-state index in [0.29, 0.717) is 11.7 Å². The molecular formula is C8H10O. The van der Waals surface area contributed by atoms with Gasteiger partial charge in [-0.2, -0.15) is 0 Å². The van der Waals surface area contributed by atoms with E-state index in [2.05, 4.69) is 12.2 Å². The van der Waals surface area contributed by atoms with Crippen LogP contribution in [0.4, 0.5) is 0 Å². The highest BCUT2D eigenvalue weighted by Crippen LogP contribution is 2.50. The second-order valence-corrected chi connectivity index (χ2v) is 3.24. The molecule has 0 aromatic heterocycles. The average Bonchev–Trinajstić information content (AvgIpc) is 2.11. The van der Waals surface area contributed by atoms with Gasteiger partial charge >= 0.3 is 0 Å². The van der Waals surface area contributed by atoms with Gasteiger partial charge in [-0.25, -0.2) is 0 Å². The van der Waals surface area contributed by atoms with Gasteiger partial charge in [0, 0.05) is 11.8 Å². The number of ketones is 1. The van der Waals surface area contributed by atoms with Gasteiger partial charge in [-0.3, -0.25) is 4.79 Å². The van der Waals surface area contributed by atoms with Gasteiger partial charge in [-0.15, -0.1) is 0 Å². The van der Waals surface area contributed by atoms with Crippen molar-refractivity contribution in [2.45, 2.75) is 19.8 Å². The van der Waals surface area contributed by atoms with Crippen LogP contribution in [0, 0.1) is 11.3 Å². The smallest absolute Gasteiger partial charge is 0.143 e. The van der Waals surface area contributed by atoms with Crippen LogP contribution >= 0.6 is 0 Å². The average molecular weight is 122 g/mol. The summed E-state index contributed by atoms with van der Waals surface area (Å²) in [6, 6.07) is 0. The quantitative estimate of drug-likeness (QED) is 0.445. The van der Waals surface area contributed by atoms with Gasteiger partial charge in [-0.1, -0.05) is 12.2 Å². The maximum absolute atomic E-state index is 11.0. The second-order valence-electron chi connectivity index (χ2n) is 3.24. The van der Waals surface area contributed by atoms with E-state index >= 15 is 0 Å². The lowest BCUT2D eigenvalue weighted by molar-refractivity contribution is -0.138. The largest absolute Gasteiger partial charge is 0.299 e. The third-order valence-electron chi connectivity index (χ3n) is 2.77. The predicted molar refractivity (Wildman–Crippen MR) is 35.0 cm³/mol. The molecule has 9 heavy (non-hydrogen) atoms. The van der Waals surface area contributed by atoms with E-state index in [1.54, 1.807) is 0 Å². The number of Topliss-reactive ketones (excluding diaryl/α,β-unsaturated/α-hetero) is 1. The van der Waals surface area contributed by atoms with Crippen LogP contribution in [0.5, 0.6) is 0 Å². The molecule has 0 aliphatic heterocycles. The fourth-order valence-electron chi connectivity index (χ4n) is 1.79. The lowest BCUT2D eigenvalue weighted by Gasteiger charge is -2.39. The van der Waals surface area contributed by atoms with Gasteiger partial charge in [0.15, 0.2) is 0 Å². The van der Waals surface area contributed by atoms with Gasteiger partial charge in [0.2, 0.25) is 0 Å². The van der Waals surface area contributed by atoms with Crippen LogP contribution in [0.1, 0.15) is 19.8 Å². The molecule has 1 nitrogen and oxygen atoms in total. The van der Waals surface area contributed by atoms with Gasteiger partial charge < -0.3 is 0 Å². The van der Waals surface area contributed by atoms with Crippen molar-refractivity contribution in [2.75, 3.05) is 0 Å². The molecule has 0 saturated heterocycles. The second kappa shape index (κ2) is 1.28. The van der Waals surface area contributed by atoms with Crippen LogP contribution in [-0.2, 0) is 4.79 Å². The molecule has 1 saturated carbocycles. The molecule has 1 heteroatoms. The zero-order chi connectivity index (χ0) is 6.48. The van der Waals surface area contributed by atoms with Crippen molar-refractivity contribution in [3.8, 4) is 0 Å².